The topological polar surface area (TPSA) is 191 Å². The average molecular weight is 682 g/mol. The normalized spacial score (nSPS) is 14.4. The van der Waals surface area contributed by atoms with Crippen LogP contribution < -0.4 is 16.4 Å². The lowest BCUT2D eigenvalue weighted by atomic mass is 9.63. The molecule has 0 aliphatic heterocycles. The number of amides is 3. The zero-order valence-electron chi connectivity index (χ0n) is 29.4. The van der Waals surface area contributed by atoms with E-state index in [1.807, 2.05) is 6.07 Å². The summed E-state index contributed by atoms with van der Waals surface area (Å²) >= 11 is 0. The number of methoxy groups -OCH3 is 1. The van der Waals surface area contributed by atoms with Gasteiger partial charge in [-0.15, -0.1) is 0 Å². The summed E-state index contributed by atoms with van der Waals surface area (Å²) < 4.78 is 10.2. The van der Waals surface area contributed by atoms with Gasteiger partial charge in [0.05, 0.1) is 17.4 Å². The van der Waals surface area contributed by atoms with Gasteiger partial charge in [-0.3, -0.25) is 28.8 Å². The molecular weight excluding hydrogens is 630 g/mol. The fourth-order valence-electron chi connectivity index (χ4n) is 6.11. The van der Waals surface area contributed by atoms with Crippen molar-refractivity contribution in [2.45, 2.75) is 66.7 Å². The van der Waals surface area contributed by atoms with Crippen LogP contribution in [0, 0.1) is 22.2 Å². The second-order valence-corrected chi connectivity index (χ2v) is 13.6. The predicted molar refractivity (Wildman–Crippen MR) is 184 cm³/mol. The van der Waals surface area contributed by atoms with Crippen molar-refractivity contribution < 1.29 is 43.3 Å². The van der Waals surface area contributed by atoms with Crippen LogP contribution in [-0.4, -0.2) is 74.0 Å². The van der Waals surface area contributed by atoms with Crippen molar-refractivity contribution in [2.75, 3.05) is 33.4 Å². The number of ketones is 1. The van der Waals surface area contributed by atoms with E-state index in [9.17, 15) is 33.9 Å². The highest BCUT2D eigenvalue weighted by atomic mass is 16.6. The van der Waals surface area contributed by atoms with E-state index in [4.69, 9.17) is 15.2 Å². The summed E-state index contributed by atoms with van der Waals surface area (Å²) in [6, 6.07) is 15.2. The number of rotatable bonds is 21. The SMILES string of the molecule is CCC(CC(C)(CC(C)(CC(C)(C)C(=O)OCCOC)C(=O)O)C(=O)NCCCNC(=O)c1ccc(C(=O)c2ccccc2)cc1)C(N)=O. The van der Waals surface area contributed by atoms with E-state index in [1.165, 1.54) is 14.0 Å². The van der Waals surface area contributed by atoms with Crippen LogP contribution in [0.4, 0.5) is 0 Å². The molecule has 0 saturated heterocycles. The largest absolute Gasteiger partial charge is 0.481 e. The van der Waals surface area contributed by atoms with Gasteiger partial charge in [0.2, 0.25) is 11.8 Å². The maximum Gasteiger partial charge on any atom is 0.311 e. The minimum atomic E-state index is -1.55. The van der Waals surface area contributed by atoms with Gasteiger partial charge in [-0.05, 0) is 65.0 Å². The Kier molecular flexibility index (Phi) is 15.1. The van der Waals surface area contributed by atoms with Crippen molar-refractivity contribution in [3.8, 4) is 0 Å². The van der Waals surface area contributed by atoms with E-state index in [-0.39, 0.29) is 57.3 Å². The lowest BCUT2D eigenvalue weighted by Gasteiger charge is -2.40. The Morgan fingerprint density at radius 2 is 1.37 bits per heavy atom. The molecule has 3 atom stereocenters. The van der Waals surface area contributed by atoms with Crippen molar-refractivity contribution in [2.24, 2.45) is 27.9 Å². The molecule has 0 fully saturated rings. The van der Waals surface area contributed by atoms with Gasteiger partial charge >= 0.3 is 11.9 Å². The Balaban J connectivity index is 2.08. The Morgan fingerprint density at radius 1 is 0.796 bits per heavy atom. The van der Waals surface area contributed by atoms with Gasteiger partial charge in [-0.2, -0.15) is 0 Å². The molecule has 2 aromatic carbocycles. The molecule has 5 N–H and O–H groups in total. The van der Waals surface area contributed by atoms with Crippen molar-refractivity contribution in [3.63, 3.8) is 0 Å². The van der Waals surface area contributed by atoms with Crippen molar-refractivity contribution >= 4 is 35.4 Å². The molecule has 3 unspecified atom stereocenters. The minimum absolute atomic E-state index is 0.00571. The quantitative estimate of drug-likeness (QED) is 0.0852. The number of ether oxygens (including phenoxy) is 2. The molecule has 0 heterocycles. The maximum absolute atomic E-state index is 13.7. The summed E-state index contributed by atoms with van der Waals surface area (Å²) in [6.07, 6.45) is 0.407. The van der Waals surface area contributed by atoms with Crippen LogP contribution in [0.15, 0.2) is 54.6 Å². The first-order chi connectivity index (χ1) is 23.0. The number of carbonyl (C=O) groups is 6. The van der Waals surface area contributed by atoms with Gasteiger partial charge in [0.1, 0.15) is 6.61 Å². The number of primary amides is 1. The third-order valence-corrected chi connectivity index (χ3v) is 8.71. The molecule has 3 amide bonds. The fraction of sp³-hybridized carbons (Fsp3) is 0.514. The molecule has 49 heavy (non-hydrogen) atoms. The molecular formula is C37H51N3O9. The number of esters is 1. The second kappa shape index (κ2) is 18.3. The number of hydrogen-bond donors (Lipinski definition) is 4. The van der Waals surface area contributed by atoms with E-state index in [1.54, 1.807) is 76.2 Å². The third kappa shape index (κ3) is 11.8. The van der Waals surface area contributed by atoms with Crippen LogP contribution in [0.25, 0.3) is 0 Å². The number of carboxylic acid groups (broad SMARTS) is 1. The standard InChI is InChI=1S/C37H51N3O9/c1-7-25(30(38)42)22-36(4,24-37(5,33(45)46)23-35(2,3)34(47)49-21-20-48-6)32(44)40-19-11-18-39-31(43)28-16-14-27(15-17-28)29(41)26-12-9-8-10-13-26/h8-10,12-17,25H,7,11,18-24H2,1-6H3,(H2,38,42)(H,39,43)(H,40,44)(H,45,46). The molecule has 0 radical (unpaired) electrons. The van der Waals surface area contributed by atoms with Gasteiger partial charge in [0, 0.05) is 48.2 Å². The summed E-state index contributed by atoms with van der Waals surface area (Å²) in [7, 11) is 1.47. The Labute approximate surface area is 288 Å². The Hall–Kier alpha value is -4.58. The number of nitrogens with one attached hydrogen (secondary N) is 2. The van der Waals surface area contributed by atoms with E-state index in [2.05, 4.69) is 10.6 Å². The Morgan fingerprint density at radius 3 is 1.92 bits per heavy atom. The third-order valence-electron chi connectivity index (χ3n) is 8.71. The van der Waals surface area contributed by atoms with Crippen LogP contribution >= 0.6 is 0 Å². The number of hydrogen-bond acceptors (Lipinski definition) is 8. The second-order valence-electron chi connectivity index (χ2n) is 13.6. The average Bonchev–Trinajstić information content (AvgIpc) is 3.06. The summed E-state index contributed by atoms with van der Waals surface area (Å²) in [5, 5.41) is 16.0. The van der Waals surface area contributed by atoms with Gasteiger partial charge in [-0.25, -0.2) is 0 Å². The molecule has 12 nitrogen and oxygen atoms in total. The zero-order chi connectivity index (χ0) is 36.8. The number of carbonyl (C=O) groups excluding carboxylic acids is 5. The summed E-state index contributed by atoms with van der Waals surface area (Å²) in [6.45, 7) is 8.62. The molecule has 0 saturated carbocycles. The molecule has 0 aromatic heterocycles. The number of aliphatic carboxylic acids is 1. The van der Waals surface area contributed by atoms with Gasteiger partial charge in [0.15, 0.2) is 5.78 Å². The van der Waals surface area contributed by atoms with Crippen molar-refractivity contribution in [1.82, 2.24) is 10.6 Å². The first kappa shape index (κ1) is 40.6. The highest BCUT2D eigenvalue weighted by Crippen LogP contribution is 2.46. The van der Waals surface area contributed by atoms with Crippen LogP contribution in [0.3, 0.4) is 0 Å². The van der Waals surface area contributed by atoms with Crippen molar-refractivity contribution in [3.05, 3.63) is 71.3 Å². The lowest BCUT2D eigenvalue weighted by Crippen LogP contribution is -2.48. The maximum atomic E-state index is 13.7. The molecule has 0 bridgehead atoms. The predicted octanol–water partition coefficient (Wildman–Crippen LogP) is 4.15. The molecule has 0 aliphatic carbocycles. The van der Waals surface area contributed by atoms with Crippen LogP contribution in [-0.2, 0) is 28.7 Å². The van der Waals surface area contributed by atoms with E-state index in [0.29, 0.717) is 29.5 Å². The van der Waals surface area contributed by atoms with Crippen LogP contribution in [0.1, 0.15) is 93.0 Å². The zero-order valence-corrected chi connectivity index (χ0v) is 29.4. The van der Waals surface area contributed by atoms with Crippen LogP contribution in [0.5, 0.6) is 0 Å². The molecule has 2 aromatic rings. The monoisotopic (exact) mass is 681 g/mol. The molecule has 12 heteroatoms. The number of nitrogens with two attached hydrogens (primary N) is 1. The van der Waals surface area contributed by atoms with E-state index >= 15 is 0 Å². The first-order valence-corrected chi connectivity index (χ1v) is 16.4. The molecule has 0 spiro atoms. The van der Waals surface area contributed by atoms with Crippen LogP contribution in [0.2, 0.25) is 0 Å². The smallest absolute Gasteiger partial charge is 0.311 e. The number of carboxylic acids is 1. The number of benzene rings is 2. The highest BCUT2D eigenvalue weighted by molar-refractivity contribution is 6.09. The van der Waals surface area contributed by atoms with Gasteiger partial charge < -0.3 is 30.9 Å². The fourth-order valence-corrected chi connectivity index (χ4v) is 6.11. The molecule has 0 aliphatic rings. The minimum Gasteiger partial charge on any atom is -0.481 e. The first-order valence-electron chi connectivity index (χ1n) is 16.4. The summed E-state index contributed by atoms with van der Waals surface area (Å²) in [5.41, 5.74) is 2.90. The van der Waals surface area contributed by atoms with Gasteiger partial charge in [-0.1, -0.05) is 56.3 Å². The summed E-state index contributed by atoms with van der Waals surface area (Å²) in [4.78, 5) is 76.9. The Bertz CT molecular complexity index is 1460. The molecule has 268 valence electrons. The highest BCUT2D eigenvalue weighted by Gasteiger charge is 2.50. The lowest BCUT2D eigenvalue weighted by molar-refractivity contribution is -0.162. The van der Waals surface area contributed by atoms with Gasteiger partial charge in [0.25, 0.3) is 5.91 Å². The van der Waals surface area contributed by atoms with Crippen molar-refractivity contribution in [1.29, 1.82) is 0 Å². The van der Waals surface area contributed by atoms with E-state index in [0.717, 1.165) is 0 Å². The summed E-state index contributed by atoms with van der Waals surface area (Å²) in [5.74, 6) is -4.03. The molecule has 2 rings (SSSR count). The van der Waals surface area contributed by atoms with E-state index < -0.39 is 45.9 Å².